The summed E-state index contributed by atoms with van der Waals surface area (Å²) in [5, 5.41) is 1.21. The van der Waals surface area contributed by atoms with Gasteiger partial charge in [-0.05, 0) is 44.0 Å². The summed E-state index contributed by atoms with van der Waals surface area (Å²) >= 11 is 0. The van der Waals surface area contributed by atoms with E-state index in [0.29, 0.717) is 17.6 Å². The van der Waals surface area contributed by atoms with Crippen LogP contribution < -0.4 is 0 Å². The number of aromatic amines is 1. The van der Waals surface area contributed by atoms with Gasteiger partial charge in [0.1, 0.15) is 5.52 Å². The van der Waals surface area contributed by atoms with Gasteiger partial charge < -0.3 is 9.88 Å². The highest BCUT2D eigenvalue weighted by Gasteiger charge is 2.21. The Hall–Kier alpha value is -3.21. The quantitative estimate of drug-likeness (QED) is 0.581. The van der Waals surface area contributed by atoms with Crippen molar-refractivity contribution in [2.75, 3.05) is 6.54 Å². The second-order valence-electron chi connectivity index (χ2n) is 6.93. The van der Waals surface area contributed by atoms with Crippen LogP contribution in [0.1, 0.15) is 29.8 Å². The van der Waals surface area contributed by atoms with E-state index in [1.807, 2.05) is 55.3 Å². The molecule has 2 heterocycles. The van der Waals surface area contributed by atoms with Crippen LogP contribution in [0, 0.1) is 0 Å². The standard InChI is InChI=1S/C22H22N4O/c1-15(2)26(13-10-16-14-25-19-8-4-3-6-17(16)19)22(27)18-7-5-9-20-21(18)24-12-11-23-20/h3-9,11-12,14-15,25H,10,13H2,1-2H3. The molecule has 0 aliphatic carbocycles. The topological polar surface area (TPSA) is 61.9 Å². The molecule has 2 aromatic heterocycles. The van der Waals surface area contributed by atoms with Crippen molar-refractivity contribution in [3.8, 4) is 0 Å². The van der Waals surface area contributed by atoms with Gasteiger partial charge in [0.2, 0.25) is 0 Å². The normalized spacial score (nSPS) is 11.4. The molecule has 0 aliphatic heterocycles. The molecule has 136 valence electrons. The Labute approximate surface area is 158 Å². The SMILES string of the molecule is CC(C)N(CCc1c[nH]c2ccccc12)C(=O)c1cccc2nccnc12. The number of amides is 1. The smallest absolute Gasteiger partial charge is 0.256 e. The Morgan fingerprint density at radius 3 is 2.74 bits per heavy atom. The molecule has 0 atom stereocenters. The number of nitrogens with zero attached hydrogens (tertiary/aromatic N) is 3. The van der Waals surface area contributed by atoms with Crippen molar-refractivity contribution in [1.82, 2.24) is 19.9 Å². The van der Waals surface area contributed by atoms with Crippen LogP contribution in [0.3, 0.4) is 0 Å². The van der Waals surface area contributed by atoms with E-state index in [1.54, 1.807) is 12.4 Å². The van der Waals surface area contributed by atoms with Crippen LogP contribution in [0.15, 0.2) is 61.1 Å². The maximum Gasteiger partial charge on any atom is 0.256 e. The van der Waals surface area contributed by atoms with Crippen LogP contribution in [0.2, 0.25) is 0 Å². The summed E-state index contributed by atoms with van der Waals surface area (Å²) < 4.78 is 0. The Morgan fingerprint density at radius 2 is 1.89 bits per heavy atom. The van der Waals surface area contributed by atoms with E-state index in [0.717, 1.165) is 17.5 Å². The molecule has 0 spiro atoms. The van der Waals surface area contributed by atoms with Gasteiger partial charge >= 0.3 is 0 Å². The van der Waals surface area contributed by atoms with E-state index in [9.17, 15) is 4.79 Å². The lowest BCUT2D eigenvalue weighted by Crippen LogP contribution is -2.38. The number of hydrogen-bond donors (Lipinski definition) is 1. The van der Waals surface area contributed by atoms with Gasteiger partial charge in [-0.15, -0.1) is 0 Å². The molecule has 0 bridgehead atoms. The summed E-state index contributed by atoms with van der Waals surface area (Å²) in [6.07, 6.45) is 6.11. The first-order valence-corrected chi connectivity index (χ1v) is 9.21. The van der Waals surface area contributed by atoms with Crippen LogP contribution in [0.4, 0.5) is 0 Å². The van der Waals surface area contributed by atoms with Crippen molar-refractivity contribution >= 4 is 27.8 Å². The summed E-state index contributed by atoms with van der Waals surface area (Å²) in [5.74, 6) is -0.00376. The molecule has 1 N–H and O–H groups in total. The zero-order chi connectivity index (χ0) is 18.8. The molecule has 4 aromatic rings. The first-order chi connectivity index (χ1) is 13.1. The Morgan fingerprint density at radius 1 is 1.07 bits per heavy atom. The second-order valence-corrected chi connectivity index (χ2v) is 6.93. The number of nitrogens with one attached hydrogen (secondary N) is 1. The van der Waals surface area contributed by atoms with E-state index < -0.39 is 0 Å². The van der Waals surface area contributed by atoms with Crippen molar-refractivity contribution in [2.24, 2.45) is 0 Å². The second kappa shape index (κ2) is 7.19. The van der Waals surface area contributed by atoms with Crippen LogP contribution in [0.5, 0.6) is 0 Å². The number of H-pyrrole nitrogens is 1. The molecule has 0 fully saturated rings. The molecule has 0 saturated heterocycles. The maximum absolute atomic E-state index is 13.3. The van der Waals surface area contributed by atoms with Crippen molar-refractivity contribution in [3.63, 3.8) is 0 Å². The molecule has 0 saturated carbocycles. The van der Waals surface area contributed by atoms with Gasteiger partial charge in [0.15, 0.2) is 0 Å². The van der Waals surface area contributed by atoms with Gasteiger partial charge in [-0.1, -0.05) is 24.3 Å². The minimum atomic E-state index is -0.00376. The monoisotopic (exact) mass is 358 g/mol. The predicted octanol–water partition coefficient (Wildman–Crippen LogP) is 4.20. The summed E-state index contributed by atoms with van der Waals surface area (Å²) in [4.78, 5) is 27.2. The molecule has 27 heavy (non-hydrogen) atoms. The van der Waals surface area contributed by atoms with Gasteiger partial charge in [-0.25, -0.2) is 0 Å². The summed E-state index contributed by atoms with van der Waals surface area (Å²) in [5.41, 5.74) is 4.35. The number of rotatable bonds is 5. The van der Waals surface area contributed by atoms with Crippen LogP contribution in [-0.2, 0) is 6.42 Å². The van der Waals surface area contributed by atoms with Crippen molar-refractivity contribution in [3.05, 3.63) is 72.2 Å². The average molecular weight is 358 g/mol. The van der Waals surface area contributed by atoms with Gasteiger partial charge in [-0.2, -0.15) is 0 Å². The lowest BCUT2D eigenvalue weighted by Gasteiger charge is -2.27. The number of aromatic nitrogens is 3. The van der Waals surface area contributed by atoms with Crippen molar-refractivity contribution < 1.29 is 4.79 Å². The van der Waals surface area contributed by atoms with E-state index in [1.165, 1.54) is 10.9 Å². The Bertz CT molecular complexity index is 1090. The highest BCUT2D eigenvalue weighted by molar-refractivity contribution is 6.04. The number of fused-ring (bicyclic) bond motifs is 2. The molecule has 0 unspecified atom stereocenters. The third-order valence-corrected chi connectivity index (χ3v) is 4.91. The maximum atomic E-state index is 13.3. The zero-order valence-corrected chi connectivity index (χ0v) is 15.5. The average Bonchev–Trinajstić information content (AvgIpc) is 3.10. The minimum Gasteiger partial charge on any atom is -0.361 e. The molecule has 1 amide bonds. The predicted molar refractivity (Wildman–Crippen MR) is 108 cm³/mol. The summed E-state index contributed by atoms with van der Waals surface area (Å²) in [6.45, 7) is 4.74. The van der Waals surface area contributed by atoms with E-state index in [2.05, 4.69) is 27.1 Å². The minimum absolute atomic E-state index is 0.00376. The van der Waals surface area contributed by atoms with E-state index >= 15 is 0 Å². The van der Waals surface area contributed by atoms with E-state index in [4.69, 9.17) is 0 Å². The number of benzene rings is 2. The Balaban J connectivity index is 1.61. The summed E-state index contributed by atoms with van der Waals surface area (Å²) in [6, 6.07) is 13.9. The van der Waals surface area contributed by atoms with Crippen LogP contribution >= 0.6 is 0 Å². The highest BCUT2D eigenvalue weighted by Crippen LogP contribution is 2.21. The summed E-state index contributed by atoms with van der Waals surface area (Å²) in [7, 11) is 0. The lowest BCUT2D eigenvalue weighted by molar-refractivity contribution is 0.0710. The zero-order valence-electron chi connectivity index (χ0n) is 15.5. The largest absolute Gasteiger partial charge is 0.361 e. The first-order valence-electron chi connectivity index (χ1n) is 9.21. The van der Waals surface area contributed by atoms with Gasteiger partial charge in [0.25, 0.3) is 5.91 Å². The molecular formula is C22H22N4O. The van der Waals surface area contributed by atoms with Crippen LogP contribution in [0.25, 0.3) is 21.9 Å². The number of carbonyl (C=O) groups excluding carboxylic acids is 1. The third-order valence-electron chi connectivity index (χ3n) is 4.91. The molecule has 5 nitrogen and oxygen atoms in total. The molecule has 2 aromatic carbocycles. The highest BCUT2D eigenvalue weighted by atomic mass is 16.2. The van der Waals surface area contributed by atoms with Gasteiger partial charge in [0.05, 0.1) is 11.1 Å². The number of carbonyl (C=O) groups is 1. The fourth-order valence-corrected chi connectivity index (χ4v) is 3.49. The fraction of sp³-hybridized carbons (Fsp3) is 0.227. The number of para-hydroxylation sites is 2. The van der Waals surface area contributed by atoms with Crippen LogP contribution in [-0.4, -0.2) is 38.3 Å². The van der Waals surface area contributed by atoms with Crippen molar-refractivity contribution in [2.45, 2.75) is 26.3 Å². The Kier molecular flexibility index (Phi) is 4.59. The first kappa shape index (κ1) is 17.2. The van der Waals surface area contributed by atoms with Gasteiger partial charge in [0, 0.05) is 42.1 Å². The lowest BCUT2D eigenvalue weighted by atomic mass is 10.1. The molecular weight excluding hydrogens is 336 g/mol. The third kappa shape index (κ3) is 3.28. The number of hydrogen-bond acceptors (Lipinski definition) is 3. The van der Waals surface area contributed by atoms with E-state index in [-0.39, 0.29) is 11.9 Å². The van der Waals surface area contributed by atoms with Crippen molar-refractivity contribution in [1.29, 1.82) is 0 Å². The fourth-order valence-electron chi connectivity index (χ4n) is 3.49. The van der Waals surface area contributed by atoms with Gasteiger partial charge in [-0.3, -0.25) is 14.8 Å². The molecule has 0 aliphatic rings. The molecule has 5 heteroatoms. The molecule has 4 rings (SSSR count). The molecule has 0 radical (unpaired) electrons.